The quantitative estimate of drug-likeness (QED) is 0.376. The minimum absolute atomic E-state index is 0.0108. The van der Waals surface area contributed by atoms with Crippen molar-refractivity contribution in [1.82, 2.24) is 5.32 Å². The van der Waals surface area contributed by atoms with Crippen molar-refractivity contribution < 1.29 is 18.5 Å². The van der Waals surface area contributed by atoms with Crippen LogP contribution in [0.5, 0.6) is 0 Å². The van der Waals surface area contributed by atoms with E-state index in [2.05, 4.69) is 10.3 Å². The van der Waals surface area contributed by atoms with E-state index in [0.717, 1.165) is 11.8 Å². The highest BCUT2D eigenvalue weighted by Gasteiger charge is 2.24. The third-order valence-corrected chi connectivity index (χ3v) is 4.90. The predicted octanol–water partition coefficient (Wildman–Crippen LogP) is 4.89. The molecule has 1 N–H and O–H groups in total. The van der Waals surface area contributed by atoms with E-state index in [1.54, 1.807) is 42.5 Å². The van der Waals surface area contributed by atoms with Crippen LogP contribution in [-0.2, 0) is 4.79 Å². The summed E-state index contributed by atoms with van der Waals surface area (Å²) in [7, 11) is 0. The zero-order valence-electron chi connectivity index (χ0n) is 14.7. The van der Waals surface area contributed by atoms with Gasteiger partial charge in [-0.15, -0.1) is 0 Å². The van der Waals surface area contributed by atoms with Gasteiger partial charge in [-0.3, -0.25) is 14.9 Å². The number of hydrogen-bond acceptors (Lipinski definition) is 6. The number of nitrogens with one attached hydrogen (secondary N) is 1. The van der Waals surface area contributed by atoms with Crippen LogP contribution < -0.4 is 5.32 Å². The topological polar surface area (TPSA) is 97.7 Å². The van der Waals surface area contributed by atoms with Crippen molar-refractivity contribution in [2.24, 2.45) is 4.99 Å². The lowest BCUT2D eigenvalue weighted by Gasteiger charge is -1.97. The van der Waals surface area contributed by atoms with E-state index in [-0.39, 0.29) is 22.4 Å². The van der Waals surface area contributed by atoms with E-state index in [1.807, 2.05) is 0 Å². The highest BCUT2D eigenvalue weighted by Crippen LogP contribution is 2.31. The number of amides is 1. The second kappa shape index (κ2) is 7.72. The normalized spacial score (nSPS) is 16.4. The van der Waals surface area contributed by atoms with Crippen molar-refractivity contribution >= 4 is 40.3 Å². The Morgan fingerprint density at radius 2 is 1.86 bits per heavy atom. The molecule has 0 radical (unpaired) electrons. The molecule has 0 aliphatic carbocycles. The first kappa shape index (κ1) is 18.6. The summed E-state index contributed by atoms with van der Waals surface area (Å²) < 4.78 is 19.4. The molecule has 7 nitrogen and oxygen atoms in total. The van der Waals surface area contributed by atoms with Gasteiger partial charge in [0.2, 0.25) is 0 Å². The number of nitro groups is 1. The minimum atomic E-state index is -0.481. The SMILES string of the molecule is O=C1NC(=Nc2ccccc2F)S/C1=C/c1ccc(-c2ccc([N+](=O)[O-])cc2)o1. The monoisotopic (exact) mass is 409 g/mol. The number of aliphatic imine (C=N–C) groups is 1. The molecule has 1 aliphatic heterocycles. The van der Waals surface area contributed by atoms with Gasteiger partial charge in [-0.05, 0) is 48.2 Å². The van der Waals surface area contributed by atoms with Gasteiger partial charge in [0, 0.05) is 23.8 Å². The number of furan rings is 1. The second-order valence-electron chi connectivity index (χ2n) is 5.94. The third kappa shape index (κ3) is 4.09. The Kier molecular flexibility index (Phi) is 4.96. The summed E-state index contributed by atoms with van der Waals surface area (Å²) in [6.07, 6.45) is 1.55. The maximum atomic E-state index is 13.7. The number of carbonyl (C=O) groups is 1. The molecule has 29 heavy (non-hydrogen) atoms. The number of benzene rings is 2. The molecule has 1 saturated heterocycles. The second-order valence-corrected chi connectivity index (χ2v) is 6.97. The lowest BCUT2D eigenvalue weighted by atomic mass is 10.1. The predicted molar refractivity (Wildman–Crippen MR) is 108 cm³/mol. The fourth-order valence-corrected chi connectivity index (χ4v) is 3.41. The van der Waals surface area contributed by atoms with Crippen LogP contribution in [0.4, 0.5) is 15.8 Å². The molecule has 0 spiro atoms. The van der Waals surface area contributed by atoms with E-state index < -0.39 is 10.7 Å². The first-order valence-corrected chi connectivity index (χ1v) is 9.20. The Morgan fingerprint density at radius 1 is 1.10 bits per heavy atom. The van der Waals surface area contributed by atoms with E-state index in [9.17, 15) is 19.3 Å². The fourth-order valence-electron chi connectivity index (χ4n) is 2.59. The Hall–Kier alpha value is -3.72. The first-order chi connectivity index (χ1) is 14.0. The number of halogens is 1. The summed E-state index contributed by atoms with van der Waals surface area (Å²) in [4.78, 5) is 26.9. The molecule has 144 valence electrons. The zero-order valence-corrected chi connectivity index (χ0v) is 15.5. The largest absolute Gasteiger partial charge is 0.457 e. The van der Waals surface area contributed by atoms with Gasteiger partial charge in [0.25, 0.3) is 11.6 Å². The lowest BCUT2D eigenvalue weighted by Crippen LogP contribution is -2.19. The number of para-hydroxylation sites is 1. The van der Waals surface area contributed by atoms with Crippen LogP contribution in [-0.4, -0.2) is 16.0 Å². The number of thioether (sulfide) groups is 1. The number of nitrogens with zero attached hydrogens (tertiary/aromatic N) is 2. The molecule has 1 amide bonds. The minimum Gasteiger partial charge on any atom is -0.457 e. The number of non-ortho nitro benzene ring substituents is 1. The number of carbonyl (C=O) groups excluding carboxylic acids is 1. The summed E-state index contributed by atoms with van der Waals surface area (Å²) in [5.74, 6) is 0.1000. The summed E-state index contributed by atoms with van der Waals surface area (Å²) >= 11 is 1.08. The smallest absolute Gasteiger partial charge is 0.269 e. The third-order valence-electron chi connectivity index (χ3n) is 3.99. The maximum absolute atomic E-state index is 13.7. The summed E-state index contributed by atoms with van der Waals surface area (Å²) in [5, 5.41) is 13.6. The van der Waals surface area contributed by atoms with Gasteiger partial charge in [-0.2, -0.15) is 0 Å². The molecule has 1 fully saturated rings. The highest BCUT2D eigenvalue weighted by molar-refractivity contribution is 8.18. The van der Waals surface area contributed by atoms with Gasteiger partial charge in [-0.1, -0.05) is 12.1 Å². The van der Waals surface area contributed by atoms with Crippen LogP contribution in [0.2, 0.25) is 0 Å². The molecular formula is C20H12FN3O4S. The van der Waals surface area contributed by atoms with Gasteiger partial charge < -0.3 is 9.73 Å². The Morgan fingerprint density at radius 3 is 2.59 bits per heavy atom. The van der Waals surface area contributed by atoms with E-state index in [4.69, 9.17) is 4.42 Å². The van der Waals surface area contributed by atoms with Crippen LogP contribution in [0, 0.1) is 15.9 Å². The Labute approximate surface area is 168 Å². The van der Waals surface area contributed by atoms with Gasteiger partial charge in [0.05, 0.1) is 9.83 Å². The first-order valence-electron chi connectivity index (χ1n) is 8.38. The van der Waals surface area contributed by atoms with E-state index >= 15 is 0 Å². The Bertz CT molecular complexity index is 1170. The van der Waals surface area contributed by atoms with Crippen molar-refractivity contribution in [3.8, 4) is 11.3 Å². The van der Waals surface area contributed by atoms with Gasteiger partial charge in [-0.25, -0.2) is 9.38 Å². The molecule has 1 aliphatic rings. The van der Waals surface area contributed by atoms with Crippen LogP contribution in [0.15, 0.2) is 75.0 Å². The molecule has 4 rings (SSSR count). The summed E-state index contributed by atoms with van der Waals surface area (Å²) in [5.41, 5.74) is 0.795. The van der Waals surface area contributed by atoms with Gasteiger partial charge in [0.1, 0.15) is 23.0 Å². The molecule has 9 heteroatoms. The van der Waals surface area contributed by atoms with Crippen LogP contribution in [0.1, 0.15) is 5.76 Å². The molecule has 0 atom stereocenters. The van der Waals surface area contributed by atoms with Crippen molar-refractivity contribution in [2.75, 3.05) is 0 Å². The molecular weight excluding hydrogens is 397 g/mol. The summed E-state index contributed by atoms with van der Waals surface area (Å²) in [6.45, 7) is 0. The number of nitro benzene ring substituents is 1. The lowest BCUT2D eigenvalue weighted by molar-refractivity contribution is -0.384. The molecule has 2 heterocycles. The molecule has 0 unspecified atom stereocenters. The number of hydrogen-bond donors (Lipinski definition) is 1. The van der Waals surface area contributed by atoms with Crippen LogP contribution in [0.25, 0.3) is 17.4 Å². The summed E-state index contributed by atoms with van der Waals surface area (Å²) in [6, 6.07) is 15.4. The zero-order chi connectivity index (χ0) is 20.4. The van der Waals surface area contributed by atoms with E-state index in [1.165, 1.54) is 24.3 Å². The highest BCUT2D eigenvalue weighted by atomic mass is 32.2. The molecule has 0 bridgehead atoms. The molecule has 0 saturated carbocycles. The fraction of sp³-hybridized carbons (Fsp3) is 0. The van der Waals surface area contributed by atoms with Gasteiger partial charge >= 0.3 is 0 Å². The average molecular weight is 409 g/mol. The van der Waals surface area contributed by atoms with Crippen molar-refractivity contribution in [1.29, 1.82) is 0 Å². The number of amidine groups is 1. The standard InChI is InChI=1S/C20H12FN3O4S/c21-15-3-1-2-4-16(15)22-20-23-19(25)18(29-20)11-14-9-10-17(28-14)12-5-7-13(8-6-12)24(26)27/h1-11H,(H,22,23,25)/b18-11+. The van der Waals surface area contributed by atoms with Crippen molar-refractivity contribution in [3.63, 3.8) is 0 Å². The molecule has 2 aromatic carbocycles. The molecule has 3 aromatic rings. The maximum Gasteiger partial charge on any atom is 0.269 e. The van der Waals surface area contributed by atoms with Crippen molar-refractivity contribution in [3.05, 3.63) is 87.3 Å². The molecule has 1 aromatic heterocycles. The van der Waals surface area contributed by atoms with Crippen LogP contribution >= 0.6 is 11.8 Å². The number of rotatable bonds is 4. The van der Waals surface area contributed by atoms with Crippen molar-refractivity contribution in [2.45, 2.75) is 0 Å². The van der Waals surface area contributed by atoms with Gasteiger partial charge in [0.15, 0.2) is 5.17 Å². The Balaban J connectivity index is 1.54. The average Bonchev–Trinajstić information content (AvgIpc) is 3.31. The van der Waals surface area contributed by atoms with E-state index in [0.29, 0.717) is 22.0 Å². The van der Waals surface area contributed by atoms with Crippen LogP contribution in [0.3, 0.4) is 0 Å².